The Morgan fingerprint density at radius 1 is 1.57 bits per heavy atom. The number of fused-ring (bicyclic) bond motifs is 1. The van der Waals surface area contributed by atoms with E-state index in [4.69, 9.17) is 0 Å². The number of hydrazone groups is 1. The Kier molecular flexibility index (Phi) is 1.87. The summed E-state index contributed by atoms with van der Waals surface area (Å²) in [5.41, 5.74) is 0.454. The van der Waals surface area contributed by atoms with Crippen molar-refractivity contribution in [1.29, 1.82) is 0 Å². The van der Waals surface area contributed by atoms with Crippen LogP contribution in [0.2, 0.25) is 0 Å². The van der Waals surface area contributed by atoms with Gasteiger partial charge in [0.2, 0.25) is 0 Å². The van der Waals surface area contributed by atoms with Crippen LogP contribution in [-0.4, -0.2) is 35.0 Å². The minimum absolute atomic E-state index is 0.0174. The highest BCUT2D eigenvalue weighted by Crippen LogP contribution is 2.19. The summed E-state index contributed by atoms with van der Waals surface area (Å²) < 4.78 is 0. The second-order valence-corrected chi connectivity index (χ2v) is 4.44. The summed E-state index contributed by atoms with van der Waals surface area (Å²) in [4.78, 5) is 11.9. The first-order chi connectivity index (χ1) is 6.50. The Labute approximate surface area is 82.8 Å². The van der Waals surface area contributed by atoms with Crippen LogP contribution in [0.25, 0.3) is 0 Å². The maximum Gasteiger partial charge on any atom is 0.267 e. The third kappa shape index (κ3) is 1.31. The fourth-order valence-electron chi connectivity index (χ4n) is 1.52. The van der Waals surface area contributed by atoms with Crippen LogP contribution >= 0.6 is 0 Å². The highest BCUT2D eigenvalue weighted by Gasteiger charge is 2.38. The number of amides is 1. The van der Waals surface area contributed by atoms with Crippen molar-refractivity contribution in [3.8, 4) is 0 Å². The number of carbonyl (C=O) groups excluding carboxylic acids is 1. The van der Waals surface area contributed by atoms with E-state index in [-0.39, 0.29) is 17.5 Å². The molecule has 0 saturated carbocycles. The molecule has 5 nitrogen and oxygen atoms in total. The molecule has 5 heteroatoms. The van der Waals surface area contributed by atoms with Gasteiger partial charge in [-0.25, -0.2) is 5.01 Å². The van der Waals surface area contributed by atoms with Crippen LogP contribution in [0.4, 0.5) is 0 Å². The zero-order chi connectivity index (χ0) is 10.3. The maximum absolute atomic E-state index is 11.9. The molecule has 2 heterocycles. The average Bonchev–Trinajstić information content (AvgIpc) is 2.50. The second kappa shape index (κ2) is 2.83. The maximum atomic E-state index is 11.9. The van der Waals surface area contributed by atoms with E-state index in [0.717, 1.165) is 5.70 Å². The van der Waals surface area contributed by atoms with Crippen LogP contribution in [-0.2, 0) is 4.79 Å². The molecular formula is C9H14N4O. The van der Waals surface area contributed by atoms with Gasteiger partial charge in [0.1, 0.15) is 11.7 Å². The molecule has 0 spiro atoms. The van der Waals surface area contributed by atoms with Gasteiger partial charge in [0.25, 0.3) is 5.91 Å². The largest absolute Gasteiger partial charge is 0.366 e. The van der Waals surface area contributed by atoms with E-state index < -0.39 is 0 Å². The molecule has 76 valence electrons. The van der Waals surface area contributed by atoms with Gasteiger partial charge in [-0.1, -0.05) is 0 Å². The van der Waals surface area contributed by atoms with Crippen molar-refractivity contribution in [3.05, 3.63) is 5.70 Å². The van der Waals surface area contributed by atoms with E-state index in [0.29, 0.717) is 6.67 Å². The van der Waals surface area contributed by atoms with Crippen LogP contribution in [0, 0.1) is 0 Å². The van der Waals surface area contributed by atoms with Crippen LogP contribution in [0.5, 0.6) is 0 Å². The molecule has 1 amide bonds. The lowest BCUT2D eigenvalue weighted by Crippen LogP contribution is -2.51. The van der Waals surface area contributed by atoms with Crippen molar-refractivity contribution in [2.24, 2.45) is 5.10 Å². The highest BCUT2D eigenvalue weighted by molar-refractivity contribution is 5.91. The predicted octanol–water partition coefficient (Wildman–Crippen LogP) is -0.385. The molecule has 0 aromatic rings. The average molecular weight is 194 g/mol. The lowest BCUT2D eigenvalue weighted by atomic mass is 10.1. The standard InChI is InChI=1S/C9H14N4O/c1-9(2,3)13-8(14)7-6(4-12-13)10-5-11-7/h7,10-11H,5H2,1-3H3. The van der Waals surface area contributed by atoms with Gasteiger partial charge in [-0.2, -0.15) is 0 Å². The molecule has 1 unspecified atom stereocenters. The van der Waals surface area contributed by atoms with E-state index in [9.17, 15) is 4.79 Å². The molecule has 2 aliphatic heterocycles. The van der Waals surface area contributed by atoms with Gasteiger partial charge in [-0.3, -0.25) is 10.1 Å². The Bertz CT molecular complexity index is 333. The zero-order valence-corrected chi connectivity index (χ0v) is 8.59. The van der Waals surface area contributed by atoms with Crippen molar-refractivity contribution in [3.63, 3.8) is 0 Å². The van der Waals surface area contributed by atoms with Gasteiger partial charge < -0.3 is 5.32 Å². The van der Waals surface area contributed by atoms with E-state index in [1.807, 2.05) is 20.8 Å². The SMILES string of the molecule is CC(C)(C)N1N=C=C2NCNC2C1=O. The summed E-state index contributed by atoms with van der Waals surface area (Å²) >= 11 is 0. The Morgan fingerprint density at radius 2 is 2.29 bits per heavy atom. The molecular weight excluding hydrogens is 180 g/mol. The summed E-state index contributed by atoms with van der Waals surface area (Å²) in [6.07, 6.45) is 0. The van der Waals surface area contributed by atoms with Crippen LogP contribution in [0.15, 0.2) is 10.8 Å². The van der Waals surface area contributed by atoms with Gasteiger partial charge in [-0.05, 0) is 20.8 Å². The fourth-order valence-corrected chi connectivity index (χ4v) is 1.52. The molecule has 1 saturated heterocycles. The van der Waals surface area contributed by atoms with Crippen molar-refractivity contribution >= 4 is 11.8 Å². The minimum atomic E-state index is -0.292. The number of hydrogen-bond acceptors (Lipinski definition) is 4. The van der Waals surface area contributed by atoms with Crippen molar-refractivity contribution in [2.75, 3.05) is 6.67 Å². The zero-order valence-electron chi connectivity index (χ0n) is 8.59. The van der Waals surface area contributed by atoms with E-state index in [1.54, 1.807) is 0 Å². The lowest BCUT2D eigenvalue weighted by molar-refractivity contribution is -0.137. The number of hydrogen-bond donors (Lipinski definition) is 2. The fraction of sp³-hybridized carbons (Fsp3) is 0.667. The van der Waals surface area contributed by atoms with Crippen LogP contribution < -0.4 is 10.6 Å². The summed E-state index contributed by atoms with van der Waals surface area (Å²) in [5.74, 6) is 2.82. The third-order valence-electron chi connectivity index (χ3n) is 2.24. The van der Waals surface area contributed by atoms with Crippen LogP contribution in [0.3, 0.4) is 0 Å². The molecule has 14 heavy (non-hydrogen) atoms. The minimum Gasteiger partial charge on any atom is -0.366 e. The summed E-state index contributed by atoms with van der Waals surface area (Å²) in [5, 5.41) is 11.6. The Hall–Kier alpha value is -1.32. The van der Waals surface area contributed by atoms with Gasteiger partial charge in [0.15, 0.2) is 0 Å². The predicted molar refractivity (Wildman–Crippen MR) is 52.5 cm³/mol. The van der Waals surface area contributed by atoms with Crippen molar-refractivity contribution in [1.82, 2.24) is 15.6 Å². The topological polar surface area (TPSA) is 56.7 Å². The van der Waals surface area contributed by atoms with Gasteiger partial charge >= 0.3 is 0 Å². The van der Waals surface area contributed by atoms with Crippen molar-refractivity contribution < 1.29 is 4.79 Å². The normalized spacial score (nSPS) is 25.9. The first-order valence-corrected chi connectivity index (χ1v) is 4.65. The summed E-state index contributed by atoms with van der Waals surface area (Å²) in [6.45, 7) is 6.45. The first-order valence-electron chi connectivity index (χ1n) is 4.65. The van der Waals surface area contributed by atoms with E-state index in [2.05, 4.69) is 21.6 Å². The lowest BCUT2D eigenvalue weighted by Gasteiger charge is -2.33. The first kappa shape index (κ1) is 9.24. The van der Waals surface area contributed by atoms with Gasteiger partial charge in [-0.15, -0.1) is 5.10 Å². The van der Waals surface area contributed by atoms with E-state index in [1.165, 1.54) is 5.01 Å². The molecule has 0 bridgehead atoms. The third-order valence-corrected chi connectivity index (χ3v) is 2.24. The molecule has 0 aromatic heterocycles. The molecule has 0 aromatic carbocycles. The number of nitrogens with zero attached hydrogens (tertiary/aromatic N) is 2. The smallest absolute Gasteiger partial charge is 0.267 e. The molecule has 2 aliphatic rings. The monoisotopic (exact) mass is 194 g/mol. The van der Waals surface area contributed by atoms with Gasteiger partial charge in [0.05, 0.1) is 12.2 Å². The van der Waals surface area contributed by atoms with E-state index >= 15 is 0 Å². The molecule has 1 atom stereocenters. The van der Waals surface area contributed by atoms with Crippen molar-refractivity contribution in [2.45, 2.75) is 32.4 Å². The summed E-state index contributed by atoms with van der Waals surface area (Å²) in [6, 6.07) is -0.285. The molecule has 0 radical (unpaired) electrons. The molecule has 2 N–H and O–H groups in total. The number of carbonyl (C=O) groups is 1. The number of rotatable bonds is 0. The Morgan fingerprint density at radius 3 is 2.93 bits per heavy atom. The highest BCUT2D eigenvalue weighted by atomic mass is 16.2. The van der Waals surface area contributed by atoms with Gasteiger partial charge in [0, 0.05) is 5.87 Å². The Balaban J connectivity index is 2.34. The quantitative estimate of drug-likeness (QED) is 0.552. The molecule has 1 fully saturated rings. The summed E-state index contributed by atoms with van der Waals surface area (Å²) in [7, 11) is 0. The molecule has 2 rings (SSSR count). The number of nitrogens with one attached hydrogen (secondary N) is 2. The van der Waals surface area contributed by atoms with Crippen LogP contribution in [0.1, 0.15) is 20.8 Å². The second-order valence-electron chi connectivity index (χ2n) is 4.44. The molecule has 0 aliphatic carbocycles.